The van der Waals surface area contributed by atoms with E-state index in [-0.39, 0.29) is 6.04 Å². The van der Waals surface area contributed by atoms with Gasteiger partial charge in [0.2, 0.25) is 11.8 Å². The van der Waals surface area contributed by atoms with Crippen molar-refractivity contribution < 1.29 is 19.5 Å². The van der Waals surface area contributed by atoms with E-state index < -0.39 is 36.2 Å². The van der Waals surface area contributed by atoms with Crippen LogP contribution >= 0.6 is 0 Å². The molecular formula is C12H21N3O4. The normalized spacial score (nSPS) is 25.1. The van der Waals surface area contributed by atoms with Crippen LogP contribution in [0.15, 0.2) is 0 Å². The zero-order chi connectivity index (χ0) is 14.4. The standard InChI is InChI=1S/C12H21N3O4/c13-8-5-3-1-2-4-7(8)11(17)15-9(12(18)19)6-10(14)16/h7-9H,1-6,13H2,(H2,14,16)(H,15,17)(H,18,19)/t7?,8?,9-/m1/s1. The molecule has 1 aliphatic carbocycles. The number of aliphatic carboxylic acids is 1. The number of carboxylic acids is 1. The first-order valence-electron chi connectivity index (χ1n) is 6.49. The molecule has 0 aromatic heterocycles. The van der Waals surface area contributed by atoms with E-state index >= 15 is 0 Å². The van der Waals surface area contributed by atoms with Crippen molar-refractivity contribution in [2.45, 2.75) is 50.6 Å². The topological polar surface area (TPSA) is 136 Å². The zero-order valence-corrected chi connectivity index (χ0v) is 10.8. The number of carboxylic acid groups (broad SMARTS) is 1. The summed E-state index contributed by atoms with van der Waals surface area (Å²) in [5.74, 6) is -2.83. The Balaban J connectivity index is 2.64. The minimum Gasteiger partial charge on any atom is -0.480 e. The smallest absolute Gasteiger partial charge is 0.326 e. The lowest BCUT2D eigenvalue weighted by Crippen LogP contribution is -2.49. The highest BCUT2D eigenvalue weighted by Crippen LogP contribution is 2.22. The number of primary amides is 1. The Morgan fingerprint density at radius 2 is 1.84 bits per heavy atom. The first kappa shape index (κ1) is 15.4. The second-order valence-corrected chi connectivity index (χ2v) is 4.98. The molecule has 2 unspecified atom stereocenters. The zero-order valence-electron chi connectivity index (χ0n) is 10.8. The molecule has 0 aliphatic heterocycles. The van der Waals surface area contributed by atoms with Crippen molar-refractivity contribution in [2.75, 3.05) is 0 Å². The first-order chi connectivity index (χ1) is 8.91. The van der Waals surface area contributed by atoms with Crippen LogP contribution in [0.3, 0.4) is 0 Å². The summed E-state index contributed by atoms with van der Waals surface area (Å²) in [5.41, 5.74) is 10.9. The summed E-state index contributed by atoms with van der Waals surface area (Å²) in [6.45, 7) is 0. The van der Waals surface area contributed by atoms with Gasteiger partial charge in [-0.1, -0.05) is 19.3 Å². The molecule has 2 amide bonds. The van der Waals surface area contributed by atoms with Gasteiger partial charge in [0.05, 0.1) is 12.3 Å². The molecule has 1 fully saturated rings. The molecule has 0 saturated heterocycles. The Kier molecular flexibility index (Phi) is 5.75. The van der Waals surface area contributed by atoms with Crippen LogP contribution in [0.4, 0.5) is 0 Å². The second kappa shape index (κ2) is 7.08. The van der Waals surface area contributed by atoms with E-state index in [0.29, 0.717) is 6.42 Å². The van der Waals surface area contributed by atoms with Crippen molar-refractivity contribution >= 4 is 17.8 Å². The van der Waals surface area contributed by atoms with Gasteiger partial charge in [0, 0.05) is 6.04 Å². The van der Waals surface area contributed by atoms with Gasteiger partial charge in [-0.25, -0.2) is 4.79 Å². The number of nitrogens with one attached hydrogen (secondary N) is 1. The van der Waals surface area contributed by atoms with Gasteiger partial charge in [-0.3, -0.25) is 9.59 Å². The maximum atomic E-state index is 12.1. The first-order valence-corrected chi connectivity index (χ1v) is 6.49. The number of hydrogen-bond acceptors (Lipinski definition) is 4. The fourth-order valence-electron chi connectivity index (χ4n) is 2.34. The second-order valence-electron chi connectivity index (χ2n) is 4.98. The molecule has 1 aliphatic rings. The molecule has 19 heavy (non-hydrogen) atoms. The van der Waals surface area contributed by atoms with Gasteiger partial charge in [0.15, 0.2) is 0 Å². The van der Waals surface area contributed by atoms with E-state index in [1.165, 1.54) is 0 Å². The van der Waals surface area contributed by atoms with Crippen LogP contribution in [0.25, 0.3) is 0 Å². The number of carbonyl (C=O) groups is 3. The average molecular weight is 271 g/mol. The summed E-state index contributed by atoms with van der Waals surface area (Å²) in [4.78, 5) is 33.8. The molecule has 7 heteroatoms. The lowest BCUT2D eigenvalue weighted by molar-refractivity contribution is -0.144. The van der Waals surface area contributed by atoms with Crippen LogP contribution in [-0.2, 0) is 14.4 Å². The lowest BCUT2D eigenvalue weighted by Gasteiger charge is -2.22. The summed E-state index contributed by atoms with van der Waals surface area (Å²) >= 11 is 0. The largest absolute Gasteiger partial charge is 0.480 e. The Morgan fingerprint density at radius 1 is 1.21 bits per heavy atom. The van der Waals surface area contributed by atoms with Crippen LogP contribution in [0.1, 0.15) is 38.5 Å². The van der Waals surface area contributed by atoms with Crippen LogP contribution in [0.2, 0.25) is 0 Å². The number of amides is 2. The van der Waals surface area contributed by atoms with Crippen molar-refractivity contribution in [1.29, 1.82) is 0 Å². The Bertz CT molecular complexity index is 359. The van der Waals surface area contributed by atoms with E-state index in [9.17, 15) is 14.4 Å². The van der Waals surface area contributed by atoms with Gasteiger partial charge < -0.3 is 21.9 Å². The third-order valence-corrected chi connectivity index (χ3v) is 3.43. The minimum absolute atomic E-state index is 0.259. The van der Waals surface area contributed by atoms with Crippen LogP contribution in [0.5, 0.6) is 0 Å². The monoisotopic (exact) mass is 271 g/mol. The average Bonchev–Trinajstić information content (AvgIpc) is 2.52. The third-order valence-electron chi connectivity index (χ3n) is 3.43. The Hall–Kier alpha value is -1.63. The summed E-state index contributed by atoms with van der Waals surface area (Å²) < 4.78 is 0. The summed E-state index contributed by atoms with van der Waals surface area (Å²) in [7, 11) is 0. The SMILES string of the molecule is NC(=O)C[C@@H](NC(=O)C1CCCCCC1N)C(=O)O. The molecule has 1 saturated carbocycles. The van der Waals surface area contributed by atoms with Gasteiger partial charge in [0.25, 0.3) is 0 Å². The van der Waals surface area contributed by atoms with Crippen molar-refractivity contribution in [3.8, 4) is 0 Å². The molecule has 1 rings (SSSR count). The molecule has 0 heterocycles. The van der Waals surface area contributed by atoms with Crippen molar-refractivity contribution in [1.82, 2.24) is 5.32 Å². The number of nitrogens with two attached hydrogens (primary N) is 2. The molecule has 108 valence electrons. The molecule has 3 atom stereocenters. The summed E-state index contributed by atoms with van der Waals surface area (Å²) in [6.07, 6.45) is 3.90. The fourth-order valence-corrected chi connectivity index (χ4v) is 2.34. The molecule has 0 bridgehead atoms. The Labute approximate surface area is 111 Å². The molecule has 0 radical (unpaired) electrons. The number of rotatable bonds is 5. The summed E-state index contributed by atoms with van der Waals surface area (Å²) in [6, 6.07) is -1.54. The van der Waals surface area contributed by atoms with Crippen molar-refractivity contribution in [3.63, 3.8) is 0 Å². The molecule has 0 spiro atoms. The molecule has 6 N–H and O–H groups in total. The van der Waals surface area contributed by atoms with E-state index in [4.69, 9.17) is 16.6 Å². The van der Waals surface area contributed by atoms with Gasteiger partial charge in [0.1, 0.15) is 6.04 Å². The third kappa shape index (κ3) is 4.86. The highest BCUT2D eigenvalue weighted by Gasteiger charge is 2.30. The molecular weight excluding hydrogens is 250 g/mol. The number of carbonyl (C=O) groups excluding carboxylic acids is 2. The highest BCUT2D eigenvalue weighted by molar-refractivity contribution is 5.89. The number of hydrogen-bond donors (Lipinski definition) is 4. The van der Waals surface area contributed by atoms with Crippen LogP contribution in [-0.4, -0.2) is 35.0 Å². The van der Waals surface area contributed by atoms with E-state index in [1.807, 2.05) is 0 Å². The predicted molar refractivity (Wildman–Crippen MR) is 67.9 cm³/mol. The highest BCUT2D eigenvalue weighted by atomic mass is 16.4. The van der Waals surface area contributed by atoms with E-state index in [0.717, 1.165) is 25.7 Å². The maximum Gasteiger partial charge on any atom is 0.326 e. The van der Waals surface area contributed by atoms with Gasteiger partial charge >= 0.3 is 5.97 Å². The predicted octanol–water partition coefficient (Wildman–Crippen LogP) is -0.661. The minimum atomic E-state index is -1.28. The van der Waals surface area contributed by atoms with Crippen LogP contribution in [0, 0.1) is 5.92 Å². The van der Waals surface area contributed by atoms with Crippen molar-refractivity contribution in [3.05, 3.63) is 0 Å². The fraction of sp³-hybridized carbons (Fsp3) is 0.750. The molecule has 0 aromatic rings. The summed E-state index contributed by atoms with van der Waals surface area (Å²) in [5, 5.41) is 11.3. The van der Waals surface area contributed by atoms with Crippen molar-refractivity contribution in [2.24, 2.45) is 17.4 Å². The quantitative estimate of drug-likeness (QED) is 0.492. The maximum absolute atomic E-state index is 12.1. The van der Waals surface area contributed by atoms with Gasteiger partial charge in [-0.05, 0) is 12.8 Å². The van der Waals surface area contributed by atoms with E-state index in [2.05, 4.69) is 5.32 Å². The van der Waals surface area contributed by atoms with E-state index in [1.54, 1.807) is 0 Å². The molecule has 0 aromatic carbocycles. The van der Waals surface area contributed by atoms with Crippen LogP contribution < -0.4 is 16.8 Å². The molecule has 7 nitrogen and oxygen atoms in total. The van der Waals surface area contributed by atoms with Gasteiger partial charge in [-0.2, -0.15) is 0 Å². The Morgan fingerprint density at radius 3 is 2.42 bits per heavy atom. The van der Waals surface area contributed by atoms with Gasteiger partial charge in [-0.15, -0.1) is 0 Å². The lowest BCUT2D eigenvalue weighted by atomic mass is 9.94.